The summed E-state index contributed by atoms with van der Waals surface area (Å²) in [6, 6.07) is 24.3. The first kappa shape index (κ1) is 36.7. The van der Waals surface area contributed by atoms with Crippen LogP contribution in [0.3, 0.4) is 0 Å². The van der Waals surface area contributed by atoms with E-state index >= 15 is 0 Å². The Hall–Kier alpha value is -2.74. The maximum atomic E-state index is 12.7. The number of benzene rings is 3. The minimum Gasteiger partial charge on any atom is -0.489 e. The minimum atomic E-state index is -3.42. The lowest BCUT2D eigenvalue weighted by atomic mass is 9.89. The third-order valence-electron chi connectivity index (χ3n) is 7.10. The van der Waals surface area contributed by atoms with Crippen LogP contribution in [0.5, 0.6) is 5.75 Å². The van der Waals surface area contributed by atoms with Gasteiger partial charge in [0.2, 0.25) is 0 Å². The Morgan fingerprint density at radius 3 is 2.31 bits per heavy atom. The van der Waals surface area contributed by atoms with Crippen molar-refractivity contribution >= 4 is 37.1 Å². The second-order valence-electron chi connectivity index (χ2n) is 11.7. The highest BCUT2D eigenvalue weighted by Crippen LogP contribution is 2.48. The number of rotatable bonds is 16. The summed E-state index contributed by atoms with van der Waals surface area (Å²) in [7, 11) is -0.759. The summed E-state index contributed by atoms with van der Waals surface area (Å²) in [4.78, 5) is 14.9. The van der Waals surface area contributed by atoms with Crippen LogP contribution in [0.15, 0.2) is 94.5 Å². The maximum absolute atomic E-state index is 12.7. The molecular formula is C35H45ClNO6PS. The highest BCUT2D eigenvalue weighted by Gasteiger charge is 2.31. The number of alkyl carbamates (subject to hydrolysis) is 1. The van der Waals surface area contributed by atoms with E-state index in [0.717, 1.165) is 45.9 Å². The molecule has 0 saturated carbocycles. The van der Waals surface area contributed by atoms with Crippen molar-refractivity contribution in [2.45, 2.75) is 87.3 Å². The first-order chi connectivity index (χ1) is 21.4. The number of amides is 1. The molecule has 3 aromatic carbocycles. The summed E-state index contributed by atoms with van der Waals surface area (Å²) in [6.07, 6.45) is 4.72. The molecule has 1 N–H and O–H groups in total. The normalized spacial score (nSPS) is 13.4. The van der Waals surface area contributed by atoms with Crippen LogP contribution in [0, 0.1) is 0 Å². The van der Waals surface area contributed by atoms with Crippen LogP contribution in [-0.2, 0) is 31.4 Å². The average molecular weight is 674 g/mol. The molecule has 1 amide bonds. The number of hydrogen-bond acceptors (Lipinski definition) is 7. The van der Waals surface area contributed by atoms with Gasteiger partial charge < -0.3 is 23.8 Å². The fourth-order valence-corrected chi connectivity index (χ4v) is 6.67. The Bertz CT molecular complexity index is 1450. The predicted molar refractivity (Wildman–Crippen MR) is 184 cm³/mol. The predicted octanol–water partition coefficient (Wildman–Crippen LogP) is 10.5. The Kier molecular flexibility index (Phi) is 14.1. The van der Waals surface area contributed by atoms with Gasteiger partial charge in [-0.3, -0.25) is 4.57 Å². The molecule has 0 aromatic heterocycles. The SMILES string of the molecule is CCC(/C=C/P(=O)(OC)OC)(CCCCc1ccc(Sc2cccc(OCc3ccccc3)c2)cc1Cl)NC(=O)OC(C)(C)C. The van der Waals surface area contributed by atoms with E-state index in [0.29, 0.717) is 24.5 Å². The summed E-state index contributed by atoms with van der Waals surface area (Å²) in [5.74, 6) is 2.23. The minimum absolute atomic E-state index is 0.517. The fourth-order valence-electron chi connectivity index (χ4n) is 4.56. The largest absolute Gasteiger partial charge is 0.489 e. The van der Waals surface area contributed by atoms with Gasteiger partial charge in [0.25, 0.3) is 0 Å². The van der Waals surface area contributed by atoms with Crippen molar-refractivity contribution < 1.29 is 27.9 Å². The van der Waals surface area contributed by atoms with Crippen LogP contribution in [-0.4, -0.2) is 31.5 Å². The molecule has 0 bridgehead atoms. The Morgan fingerprint density at radius 1 is 0.956 bits per heavy atom. The average Bonchev–Trinajstić information content (AvgIpc) is 3.01. The third-order valence-corrected chi connectivity index (χ3v) is 9.96. The van der Waals surface area contributed by atoms with Crippen LogP contribution in [0.4, 0.5) is 4.79 Å². The number of nitrogens with one attached hydrogen (secondary N) is 1. The van der Waals surface area contributed by atoms with Crippen LogP contribution in [0.25, 0.3) is 0 Å². The molecule has 7 nitrogen and oxygen atoms in total. The number of hydrogen-bond donors (Lipinski definition) is 1. The summed E-state index contributed by atoms with van der Waals surface area (Å²) in [5.41, 5.74) is 0.736. The monoisotopic (exact) mass is 673 g/mol. The lowest BCUT2D eigenvalue weighted by molar-refractivity contribution is 0.0469. The van der Waals surface area contributed by atoms with E-state index < -0.39 is 24.8 Å². The Morgan fingerprint density at radius 2 is 1.67 bits per heavy atom. The number of unbranched alkanes of at least 4 members (excludes halogenated alkanes) is 1. The lowest BCUT2D eigenvalue weighted by Gasteiger charge is -2.32. The third kappa shape index (κ3) is 12.5. The van der Waals surface area contributed by atoms with E-state index in [9.17, 15) is 9.36 Å². The van der Waals surface area contributed by atoms with E-state index in [1.165, 1.54) is 20.0 Å². The molecule has 0 spiro atoms. The highest BCUT2D eigenvalue weighted by atomic mass is 35.5. The van der Waals surface area contributed by atoms with Gasteiger partial charge in [0.05, 0.1) is 5.54 Å². The van der Waals surface area contributed by atoms with Gasteiger partial charge >= 0.3 is 13.7 Å². The van der Waals surface area contributed by atoms with Gasteiger partial charge in [-0.15, -0.1) is 0 Å². The van der Waals surface area contributed by atoms with Crippen molar-refractivity contribution in [3.8, 4) is 5.75 Å². The molecule has 3 rings (SSSR count). The summed E-state index contributed by atoms with van der Waals surface area (Å²) in [6.45, 7) is 7.92. The zero-order chi connectivity index (χ0) is 32.9. The summed E-state index contributed by atoms with van der Waals surface area (Å²) >= 11 is 8.36. The Labute approximate surface area is 277 Å². The standard InChI is InChI=1S/C35H45ClNO6PS/c1-7-35(22-23-44(39,40-5)41-6,37-33(38)43-34(2,3)4)21-12-11-16-28-19-20-31(25-32(28)36)45-30-18-13-17-29(24-30)42-26-27-14-9-8-10-15-27/h8-10,13-15,17-20,22-25H,7,11-12,16,21,26H2,1-6H3,(H,37,38)/b23-22+. The molecule has 0 radical (unpaired) electrons. The van der Waals surface area contributed by atoms with Crippen molar-refractivity contribution in [3.63, 3.8) is 0 Å². The van der Waals surface area contributed by atoms with E-state index in [-0.39, 0.29) is 0 Å². The second kappa shape index (κ2) is 17.3. The second-order valence-corrected chi connectivity index (χ2v) is 15.3. The molecule has 0 fully saturated rings. The van der Waals surface area contributed by atoms with Crippen LogP contribution in [0.1, 0.15) is 64.5 Å². The van der Waals surface area contributed by atoms with E-state index in [1.807, 2.05) is 82.3 Å². The molecule has 3 aromatic rings. The van der Waals surface area contributed by atoms with Gasteiger partial charge in [0, 0.05) is 34.9 Å². The zero-order valence-electron chi connectivity index (χ0n) is 27.0. The quantitative estimate of drug-likeness (QED) is 0.120. The first-order valence-corrected chi connectivity index (χ1v) is 17.8. The van der Waals surface area contributed by atoms with Crippen LogP contribution in [0.2, 0.25) is 5.02 Å². The summed E-state index contributed by atoms with van der Waals surface area (Å²) in [5, 5.41) is 3.71. The molecule has 1 atom stereocenters. The van der Waals surface area contributed by atoms with Crippen molar-refractivity contribution in [1.29, 1.82) is 0 Å². The van der Waals surface area contributed by atoms with Crippen LogP contribution < -0.4 is 10.1 Å². The fraction of sp³-hybridized carbons (Fsp3) is 0.400. The van der Waals surface area contributed by atoms with Gasteiger partial charge in [-0.1, -0.05) is 85.2 Å². The van der Waals surface area contributed by atoms with E-state index in [2.05, 4.69) is 23.5 Å². The van der Waals surface area contributed by atoms with Gasteiger partial charge in [-0.25, -0.2) is 4.79 Å². The number of carbonyl (C=O) groups is 1. The smallest absolute Gasteiger partial charge is 0.408 e. The van der Waals surface area contributed by atoms with Crippen LogP contribution >= 0.6 is 31.0 Å². The molecule has 0 heterocycles. The molecular weight excluding hydrogens is 629 g/mol. The van der Waals surface area contributed by atoms with Gasteiger partial charge in [0.1, 0.15) is 18.0 Å². The molecule has 10 heteroatoms. The van der Waals surface area contributed by atoms with Gasteiger partial charge in [0.15, 0.2) is 0 Å². The molecule has 244 valence electrons. The van der Waals surface area contributed by atoms with Crippen molar-refractivity contribution in [3.05, 3.63) is 101 Å². The maximum Gasteiger partial charge on any atom is 0.408 e. The highest BCUT2D eigenvalue weighted by molar-refractivity contribution is 7.99. The molecule has 1 unspecified atom stereocenters. The van der Waals surface area contributed by atoms with Crippen molar-refractivity contribution in [2.75, 3.05) is 14.2 Å². The van der Waals surface area contributed by atoms with Gasteiger partial charge in [-0.05, 0) is 87.9 Å². The molecule has 0 aliphatic carbocycles. The van der Waals surface area contributed by atoms with Crippen molar-refractivity contribution in [1.82, 2.24) is 5.32 Å². The molecule has 0 aliphatic heterocycles. The topological polar surface area (TPSA) is 83.1 Å². The molecule has 45 heavy (non-hydrogen) atoms. The zero-order valence-corrected chi connectivity index (χ0v) is 29.5. The molecule has 0 saturated heterocycles. The number of halogens is 1. The lowest BCUT2D eigenvalue weighted by Crippen LogP contribution is -2.48. The van der Waals surface area contributed by atoms with E-state index in [1.54, 1.807) is 17.8 Å². The summed E-state index contributed by atoms with van der Waals surface area (Å²) < 4.78 is 34.4. The van der Waals surface area contributed by atoms with Gasteiger partial charge in [-0.2, -0.15) is 0 Å². The Balaban J connectivity index is 1.61. The van der Waals surface area contributed by atoms with Crippen molar-refractivity contribution in [2.24, 2.45) is 0 Å². The number of aryl methyl sites for hydroxylation is 1. The number of carbonyl (C=O) groups excluding carboxylic acids is 1. The van der Waals surface area contributed by atoms with E-state index in [4.69, 9.17) is 30.1 Å². The number of ether oxygens (including phenoxy) is 2. The molecule has 0 aliphatic rings. The first-order valence-electron chi connectivity index (χ1n) is 15.0.